The van der Waals surface area contributed by atoms with Crippen molar-refractivity contribution < 1.29 is 9.21 Å². The standard InChI is InChI=1S/C16H19N3O2S/c1-22-16-14-11(3-5-21-14)7-13(18-16)15(20)17-12-6-10-2-4-19(8-10)9-12/h3,5,7,10,12H,2,4,6,8-9H2,1H3,(H,17,20)/t10-,12-/m1/s1. The zero-order valence-electron chi connectivity index (χ0n) is 12.5. The molecule has 2 aliphatic heterocycles. The molecule has 2 bridgehead atoms. The first-order valence-electron chi connectivity index (χ1n) is 7.68. The predicted molar refractivity (Wildman–Crippen MR) is 86.2 cm³/mol. The Morgan fingerprint density at radius 3 is 3.23 bits per heavy atom. The third-order valence-corrected chi connectivity index (χ3v) is 5.30. The Balaban J connectivity index is 1.55. The molecule has 116 valence electrons. The van der Waals surface area contributed by atoms with E-state index in [2.05, 4.69) is 15.2 Å². The van der Waals surface area contributed by atoms with Crippen molar-refractivity contribution in [2.75, 3.05) is 25.9 Å². The fourth-order valence-corrected chi connectivity index (χ4v) is 4.17. The number of amides is 1. The Morgan fingerprint density at radius 1 is 1.50 bits per heavy atom. The molecule has 0 radical (unpaired) electrons. The first-order chi connectivity index (χ1) is 10.7. The van der Waals surface area contributed by atoms with Crippen LogP contribution in [0.1, 0.15) is 23.3 Å². The molecule has 2 fully saturated rings. The van der Waals surface area contributed by atoms with E-state index in [0.717, 1.165) is 34.9 Å². The third-order valence-electron chi connectivity index (χ3n) is 4.63. The van der Waals surface area contributed by atoms with Crippen LogP contribution < -0.4 is 5.32 Å². The smallest absolute Gasteiger partial charge is 0.270 e. The second-order valence-corrected chi connectivity index (χ2v) is 6.97. The van der Waals surface area contributed by atoms with Crippen LogP contribution in [-0.4, -0.2) is 47.7 Å². The number of thioether (sulfide) groups is 1. The molecular formula is C16H19N3O2S. The van der Waals surface area contributed by atoms with Gasteiger partial charge in [0.15, 0.2) is 5.58 Å². The number of carbonyl (C=O) groups is 1. The topological polar surface area (TPSA) is 58.4 Å². The van der Waals surface area contributed by atoms with Gasteiger partial charge in [-0.25, -0.2) is 4.98 Å². The monoisotopic (exact) mass is 317 g/mol. The van der Waals surface area contributed by atoms with Crippen LogP contribution in [0.2, 0.25) is 0 Å². The number of aromatic nitrogens is 1. The van der Waals surface area contributed by atoms with Crippen molar-refractivity contribution in [3.8, 4) is 0 Å². The van der Waals surface area contributed by atoms with E-state index in [4.69, 9.17) is 4.42 Å². The molecule has 22 heavy (non-hydrogen) atoms. The number of fused-ring (bicyclic) bond motifs is 3. The Kier molecular flexibility index (Phi) is 3.58. The molecule has 6 heteroatoms. The summed E-state index contributed by atoms with van der Waals surface area (Å²) in [6.45, 7) is 3.33. The minimum atomic E-state index is -0.0779. The van der Waals surface area contributed by atoms with Crippen LogP contribution in [0.15, 0.2) is 27.8 Å². The quantitative estimate of drug-likeness (QED) is 0.881. The van der Waals surface area contributed by atoms with Crippen LogP contribution in [-0.2, 0) is 0 Å². The van der Waals surface area contributed by atoms with Gasteiger partial charge in [-0.05, 0) is 43.7 Å². The van der Waals surface area contributed by atoms with E-state index in [1.807, 2.05) is 18.4 Å². The molecule has 5 nitrogen and oxygen atoms in total. The van der Waals surface area contributed by atoms with Gasteiger partial charge in [0.05, 0.1) is 6.26 Å². The van der Waals surface area contributed by atoms with E-state index in [9.17, 15) is 4.79 Å². The second-order valence-electron chi connectivity index (χ2n) is 6.18. The summed E-state index contributed by atoms with van der Waals surface area (Å²) in [6.07, 6.45) is 5.94. The van der Waals surface area contributed by atoms with E-state index in [1.165, 1.54) is 31.3 Å². The van der Waals surface area contributed by atoms with Gasteiger partial charge in [0, 0.05) is 24.5 Å². The lowest BCUT2D eigenvalue weighted by Gasteiger charge is -2.30. The van der Waals surface area contributed by atoms with Crippen LogP contribution >= 0.6 is 11.8 Å². The maximum Gasteiger partial charge on any atom is 0.270 e. The van der Waals surface area contributed by atoms with E-state index >= 15 is 0 Å². The largest absolute Gasteiger partial charge is 0.461 e. The molecule has 2 aromatic heterocycles. The molecular weight excluding hydrogens is 298 g/mol. The first kappa shape index (κ1) is 14.1. The summed E-state index contributed by atoms with van der Waals surface area (Å²) in [6, 6.07) is 3.93. The molecule has 0 aromatic carbocycles. The SMILES string of the molecule is CSc1nc(C(=O)N[C@@H]2C[C@H]3CCN(C3)C2)cc2ccoc12. The average Bonchev–Trinajstić information content (AvgIpc) is 3.12. The molecule has 0 spiro atoms. The highest BCUT2D eigenvalue weighted by Crippen LogP contribution is 2.28. The highest BCUT2D eigenvalue weighted by Gasteiger charge is 2.33. The van der Waals surface area contributed by atoms with Crippen LogP contribution in [0, 0.1) is 5.92 Å². The normalized spacial score (nSPS) is 27.2. The Morgan fingerprint density at radius 2 is 2.41 bits per heavy atom. The first-order valence-corrected chi connectivity index (χ1v) is 8.91. The predicted octanol–water partition coefficient (Wildman–Crippen LogP) is 2.37. The fraction of sp³-hybridized carbons (Fsp3) is 0.500. The van der Waals surface area contributed by atoms with Crippen LogP contribution in [0.25, 0.3) is 11.0 Å². The van der Waals surface area contributed by atoms with Gasteiger partial charge >= 0.3 is 0 Å². The molecule has 1 amide bonds. The lowest BCUT2D eigenvalue weighted by Crippen LogP contribution is -2.47. The van der Waals surface area contributed by atoms with E-state index < -0.39 is 0 Å². The van der Waals surface area contributed by atoms with Crippen molar-refractivity contribution in [3.05, 3.63) is 24.1 Å². The number of hydrogen-bond acceptors (Lipinski definition) is 5. The molecule has 3 atom stereocenters. The third kappa shape index (κ3) is 2.50. The van der Waals surface area contributed by atoms with Gasteiger partial charge in [0.25, 0.3) is 5.91 Å². The number of nitrogens with zero attached hydrogens (tertiary/aromatic N) is 2. The Bertz CT molecular complexity index is 702. The van der Waals surface area contributed by atoms with Gasteiger partial charge in [0.2, 0.25) is 0 Å². The molecule has 4 heterocycles. The van der Waals surface area contributed by atoms with E-state index in [-0.39, 0.29) is 11.9 Å². The zero-order valence-corrected chi connectivity index (χ0v) is 13.4. The summed E-state index contributed by atoms with van der Waals surface area (Å²) in [4.78, 5) is 19.4. The maximum absolute atomic E-state index is 12.5. The van der Waals surface area contributed by atoms with Crippen molar-refractivity contribution in [1.82, 2.24) is 15.2 Å². The summed E-state index contributed by atoms with van der Waals surface area (Å²) in [7, 11) is 0. The van der Waals surface area contributed by atoms with Crippen molar-refractivity contribution in [1.29, 1.82) is 0 Å². The van der Waals surface area contributed by atoms with Crippen molar-refractivity contribution in [2.24, 2.45) is 5.92 Å². The number of hydrogen-bond donors (Lipinski definition) is 1. The highest BCUT2D eigenvalue weighted by molar-refractivity contribution is 7.98. The highest BCUT2D eigenvalue weighted by atomic mass is 32.2. The molecule has 2 aliphatic rings. The summed E-state index contributed by atoms with van der Waals surface area (Å²) >= 11 is 1.50. The van der Waals surface area contributed by atoms with Crippen LogP contribution in [0.4, 0.5) is 0 Å². The van der Waals surface area contributed by atoms with Gasteiger partial charge in [-0.3, -0.25) is 4.79 Å². The number of furan rings is 1. The molecule has 0 aliphatic carbocycles. The number of rotatable bonds is 3. The van der Waals surface area contributed by atoms with Crippen molar-refractivity contribution >= 4 is 28.6 Å². The second kappa shape index (κ2) is 5.59. The van der Waals surface area contributed by atoms with Crippen molar-refractivity contribution in [2.45, 2.75) is 23.9 Å². The summed E-state index contributed by atoms with van der Waals surface area (Å²) in [5.74, 6) is 0.663. The van der Waals surface area contributed by atoms with Crippen LogP contribution in [0.5, 0.6) is 0 Å². The fourth-order valence-electron chi connectivity index (χ4n) is 3.62. The van der Waals surface area contributed by atoms with Gasteiger partial charge in [-0.1, -0.05) is 0 Å². The lowest BCUT2D eigenvalue weighted by atomic mass is 9.97. The summed E-state index contributed by atoms with van der Waals surface area (Å²) in [5, 5.41) is 4.85. The summed E-state index contributed by atoms with van der Waals surface area (Å²) in [5.41, 5.74) is 1.23. The maximum atomic E-state index is 12.5. The summed E-state index contributed by atoms with van der Waals surface area (Å²) < 4.78 is 5.44. The molecule has 2 aromatic rings. The average molecular weight is 317 g/mol. The van der Waals surface area contributed by atoms with Gasteiger partial charge in [-0.15, -0.1) is 11.8 Å². The number of nitrogens with one attached hydrogen (secondary N) is 1. The number of piperidine rings is 1. The van der Waals surface area contributed by atoms with E-state index in [0.29, 0.717) is 5.69 Å². The van der Waals surface area contributed by atoms with Crippen molar-refractivity contribution in [3.63, 3.8) is 0 Å². The van der Waals surface area contributed by atoms with Gasteiger partial charge in [0.1, 0.15) is 10.7 Å². The van der Waals surface area contributed by atoms with Gasteiger partial charge in [-0.2, -0.15) is 0 Å². The lowest BCUT2D eigenvalue weighted by molar-refractivity contribution is 0.0904. The Hall–Kier alpha value is -1.53. The minimum absolute atomic E-state index is 0.0779. The van der Waals surface area contributed by atoms with Crippen LogP contribution in [0.3, 0.4) is 0 Å². The molecule has 1 unspecified atom stereocenters. The molecule has 0 saturated carbocycles. The Labute approximate surface area is 133 Å². The molecule has 2 saturated heterocycles. The molecule has 4 rings (SSSR count). The van der Waals surface area contributed by atoms with E-state index in [1.54, 1.807) is 6.26 Å². The zero-order chi connectivity index (χ0) is 15.1. The molecule has 1 N–H and O–H groups in total. The minimum Gasteiger partial charge on any atom is -0.461 e. The number of pyridine rings is 1. The number of carbonyl (C=O) groups excluding carboxylic acids is 1. The van der Waals surface area contributed by atoms with Gasteiger partial charge < -0.3 is 14.6 Å².